The summed E-state index contributed by atoms with van der Waals surface area (Å²) >= 11 is 0. The summed E-state index contributed by atoms with van der Waals surface area (Å²) in [5, 5.41) is 7.33. The van der Waals surface area contributed by atoms with Crippen molar-refractivity contribution in [2.24, 2.45) is 0 Å². The molecule has 1 saturated carbocycles. The van der Waals surface area contributed by atoms with E-state index >= 15 is 0 Å². The number of nitrogens with zero attached hydrogens (tertiary/aromatic N) is 2. The normalized spacial score (nSPS) is 22.9. The molecule has 1 aliphatic carbocycles. The quantitative estimate of drug-likeness (QED) is 0.927. The van der Waals surface area contributed by atoms with E-state index in [0.29, 0.717) is 24.3 Å². The molecule has 1 fully saturated rings. The number of nitrogens with one attached hydrogen (secondary N) is 1. The molecule has 1 aliphatic rings. The lowest BCUT2D eigenvalue weighted by molar-refractivity contribution is 0.312. The fourth-order valence-electron chi connectivity index (χ4n) is 3.00. The molecule has 0 aliphatic heterocycles. The van der Waals surface area contributed by atoms with Crippen LogP contribution in [0.1, 0.15) is 48.9 Å². The van der Waals surface area contributed by atoms with Gasteiger partial charge in [0.15, 0.2) is 5.82 Å². The highest BCUT2D eigenvalue weighted by Crippen LogP contribution is 2.32. The Balaban J connectivity index is 1.47. The van der Waals surface area contributed by atoms with Crippen molar-refractivity contribution < 1.29 is 4.52 Å². The average molecular weight is 271 g/mol. The van der Waals surface area contributed by atoms with Crippen LogP contribution in [0.2, 0.25) is 0 Å². The second-order valence-electron chi connectivity index (χ2n) is 5.58. The van der Waals surface area contributed by atoms with Crippen molar-refractivity contribution in [3.05, 3.63) is 47.6 Å². The van der Waals surface area contributed by atoms with Crippen LogP contribution in [0.25, 0.3) is 0 Å². The summed E-state index contributed by atoms with van der Waals surface area (Å²) in [5.41, 5.74) is 1.48. The van der Waals surface area contributed by atoms with Gasteiger partial charge in [-0.25, -0.2) is 0 Å². The van der Waals surface area contributed by atoms with E-state index in [1.54, 1.807) is 0 Å². The minimum atomic E-state index is 0.571. The number of rotatable bonds is 4. The van der Waals surface area contributed by atoms with Gasteiger partial charge < -0.3 is 9.84 Å². The molecule has 0 bridgehead atoms. The van der Waals surface area contributed by atoms with Gasteiger partial charge in [-0.2, -0.15) is 4.98 Å². The van der Waals surface area contributed by atoms with Gasteiger partial charge in [0.05, 0.1) is 6.54 Å². The van der Waals surface area contributed by atoms with Gasteiger partial charge in [0, 0.05) is 6.04 Å². The van der Waals surface area contributed by atoms with E-state index in [1.165, 1.54) is 31.2 Å². The zero-order chi connectivity index (χ0) is 13.8. The second kappa shape index (κ2) is 6.18. The molecule has 1 aromatic carbocycles. The third-order valence-corrected chi connectivity index (χ3v) is 4.11. The minimum absolute atomic E-state index is 0.571. The van der Waals surface area contributed by atoms with Gasteiger partial charge in [-0.3, -0.25) is 0 Å². The molecule has 20 heavy (non-hydrogen) atoms. The first-order valence-electron chi connectivity index (χ1n) is 7.39. The Morgan fingerprint density at radius 1 is 1.15 bits per heavy atom. The monoisotopic (exact) mass is 271 g/mol. The van der Waals surface area contributed by atoms with Gasteiger partial charge in [-0.15, -0.1) is 0 Å². The molecule has 3 rings (SSSR count). The second-order valence-corrected chi connectivity index (χ2v) is 5.58. The van der Waals surface area contributed by atoms with E-state index < -0.39 is 0 Å². The van der Waals surface area contributed by atoms with Gasteiger partial charge in [0.2, 0.25) is 5.89 Å². The Morgan fingerprint density at radius 3 is 2.55 bits per heavy atom. The largest absolute Gasteiger partial charge is 0.338 e. The van der Waals surface area contributed by atoms with Crippen molar-refractivity contribution in [1.29, 1.82) is 0 Å². The number of aromatic nitrogens is 2. The van der Waals surface area contributed by atoms with Crippen molar-refractivity contribution in [1.82, 2.24) is 15.5 Å². The molecule has 0 saturated heterocycles. The summed E-state index contributed by atoms with van der Waals surface area (Å²) in [6, 6.07) is 11.4. The summed E-state index contributed by atoms with van der Waals surface area (Å²) in [5.74, 6) is 2.11. The number of hydrogen-bond donors (Lipinski definition) is 1. The minimum Gasteiger partial charge on any atom is -0.338 e. The van der Waals surface area contributed by atoms with Crippen LogP contribution in [0.5, 0.6) is 0 Å². The summed E-state index contributed by atoms with van der Waals surface area (Å²) in [6.45, 7) is 2.53. The van der Waals surface area contributed by atoms with E-state index in [1.807, 2.05) is 6.92 Å². The summed E-state index contributed by atoms with van der Waals surface area (Å²) in [4.78, 5) is 4.22. The highest BCUT2D eigenvalue weighted by molar-refractivity contribution is 5.20. The van der Waals surface area contributed by atoms with Crippen LogP contribution in [0, 0.1) is 6.92 Å². The van der Waals surface area contributed by atoms with E-state index in [4.69, 9.17) is 4.52 Å². The predicted octanol–water partition coefficient (Wildman–Crippen LogP) is 3.19. The molecule has 106 valence electrons. The van der Waals surface area contributed by atoms with E-state index in [-0.39, 0.29) is 0 Å². The maximum absolute atomic E-state index is 5.12. The Labute approximate surface area is 119 Å². The third kappa shape index (κ3) is 3.25. The molecule has 0 atom stereocenters. The molecule has 1 heterocycles. The lowest BCUT2D eigenvalue weighted by Gasteiger charge is -2.29. The van der Waals surface area contributed by atoms with Crippen LogP contribution >= 0.6 is 0 Å². The van der Waals surface area contributed by atoms with Crippen LogP contribution in [-0.2, 0) is 6.54 Å². The molecule has 0 spiro atoms. The van der Waals surface area contributed by atoms with E-state index in [9.17, 15) is 0 Å². The highest BCUT2D eigenvalue weighted by Gasteiger charge is 2.22. The first-order chi connectivity index (χ1) is 9.81. The van der Waals surface area contributed by atoms with Gasteiger partial charge in [-0.1, -0.05) is 35.5 Å². The zero-order valence-electron chi connectivity index (χ0n) is 11.9. The average Bonchev–Trinajstić information content (AvgIpc) is 2.92. The zero-order valence-corrected chi connectivity index (χ0v) is 11.9. The highest BCUT2D eigenvalue weighted by atomic mass is 16.5. The van der Waals surface area contributed by atoms with E-state index in [0.717, 1.165) is 5.92 Å². The molecule has 1 aromatic heterocycles. The lowest BCUT2D eigenvalue weighted by atomic mass is 9.82. The SMILES string of the molecule is Cc1noc(CNC2CCC(c3ccccc3)CC2)n1. The predicted molar refractivity (Wildman–Crippen MR) is 77.3 cm³/mol. The van der Waals surface area contributed by atoms with Crippen LogP contribution in [0.15, 0.2) is 34.9 Å². The molecule has 2 aromatic rings. The standard InChI is InChI=1S/C16H21N3O/c1-12-18-16(20-19-12)11-17-15-9-7-14(8-10-15)13-5-3-2-4-6-13/h2-6,14-15,17H,7-11H2,1H3. The van der Waals surface area contributed by atoms with Crippen LogP contribution in [0.3, 0.4) is 0 Å². The molecule has 1 N–H and O–H groups in total. The summed E-state index contributed by atoms with van der Waals surface area (Å²) in [7, 11) is 0. The maximum Gasteiger partial charge on any atom is 0.240 e. The van der Waals surface area contributed by atoms with Crippen molar-refractivity contribution in [2.45, 2.75) is 51.1 Å². The van der Waals surface area contributed by atoms with Crippen molar-refractivity contribution in [2.75, 3.05) is 0 Å². The molecule has 4 heteroatoms. The van der Waals surface area contributed by atoms with Crippen molar-refractivity contribution >= 4 is 0 Å². The topological polar surface area (TPSA) is 51.0 Å². The molecule has 0 amide bonds. The summed E-state index contributed by atoms with van der Waals surface area (Å²) < 4.78 is 5.12. The first-order valence-corrected chi connectivity index (χ1v) is 7.39. The molecule has 0 radical (unpaired) electrons. The molecular weight excluding hydrogens is 250 g/mol. The number of benzene rings is 1. The molecular formula is C16H21N3O. The Bertz CT molecular complexity index is 530. The van der Waals surface area contributed by atoms with Crippen LogP contribution in [-0.4, -0.2) is 16.2 Å². The van der Waals surface area contributed by atoms with Gasteiger partial charge >= 0.3 is 0 Å². The van der Waals surface area contributed by atoms with Gasteiger partial charge in [0.1, 0.15) is 0 Å². The Kier molecular flexibility index (Phi) is 4.11. The number of aryl methyl sites for hydroxylation is 1. The fraction of sp³-hybridized carbons (Fsp3) is 0.500. The maximum atomic E-state index is 5.12. The Hall–Kier alpha value is -1.68. The fourth-order valence-corrected chi connectivity index (χ4v) is 3.00. The van der Waals surface area contributed by atoms with Gasteiger partial charge in [0.25, 0.3) is 0 Å². The van der Waals surface area contributed by atoms with Crippen LogP contribution < -0.4 is 5.32 Å². The molecule has 0 unspecified atom stereocenters. The molecule has 4 nitrogen and oxygen atoms in total. The van der Waals surface area contributed by atoms with E-state index in [2.05, 4.69) is 45.8 Å². The number of hydrogen-bond acceptors (Lipinski definition) is 4. The van der Waals surface area contributed by atoms with Gasteiger partial charge in [-0.05, 0) is 44.1 Å². The van der Waals surface area contributed by atoms with Crippen molar-refractivity contribution in [3.63, 3.8) is 0 Å². The van der Waals surface area contributed by atoms with Crippen LogP contribution in [0.4, 0.5) is 0 Å². The first kappa shape index (κ1) is 13.3. The Morgan fingerprint density at radius 2 is 1.90 bits per heavy atom. The third-order valence-electron chi connectivity index (χ3n) is 4.11. The summed E-state index contributed by atoms with van der Waals surface area (Å²) in [6.07, 6.45) is 4.94. The van der Waals surface area contributed by atoms with Crippen molar-refractivity contribution in [3.8, 4) is 0 Å². The lowest BCUT2D eigenvalue weighted by Crippen LogP contribution is -2.32. The smallest absolute Gasteiger partial charge is 0.240 e.